The molecule has 0 aliphatic rings. The van der Waals surface area contributed by atoms with Gasteiger partial charge in [0.15, 0.2) is 0 Å². The topological polar surface area (TPSA) is 28.2 Å². The van der Waals surface area contributed by atoms with Crippen LogP contribution in [0.2, 0.25) is 0 Å². The minimum Gasteiger partial charge on any atom is -0.366 e. The van der Waals surface area contributed by atoms with Gasteiger partial charge in [-0.05, 0) is 50.8 Å². The van der Waals surface area contributed by atoms with E-state index in [0.29, 0.717) is 6.04 Å². The zero-order chi connectivity index (χ0) is 15.5. The van der Waals surface area contributed by atoms with Crippen LogP contribution in [-0.2, 0) is 6.54 Å². The normalized spacial score (nSPS) is 13.2. The van der Waals surface area contributed by atoms with Crippen LogP contribution in [0.1, 0.15) is 44.2 Å². The van der Waals surface area contributed by atoms with Crippen molar-refractivity contribution in [3.63, 3.8) is 0 Å². The molecule has 0 radical (unpaired) electrons. The molecule has 21 heavy (non-hydrogen) atoms. The molecule has 0 amide bonds. The second-order valence-corrected chi connectivity index (χ2v) is 7.39. The Morgan fingerprint density at radius 3 is 2.71 bits per heavy atom. The van der Waals surface area contributed by atoms with Crippen LogP contribution in [-0.4, -0.2) is 17.6 Å². The van der Waals surface area contributed by atoms with Gasteiger partial charge in [0.05, 0.1) is 17.9 Å². The Kier molecular flexibility index (Phi) is 5.01. The van der Waals surface area contributed by atoms with Crippen molar-refractivity contribution >= 4 is 17.0 Å². The highest BCUT2D eigenvalue weighted by molar-refractivity contribution is 7.10. The lowest BCUT2D eigenvalue weighted by Gasteiger charge is -2.29. The average molecular weight is 303 g/mol. The molecule has 2 rings (SSSR count). The van der Waals surface area contributed by atoms with E-state index in [0.717, 1.165) is 6.54 Å². The summed E-state index contributed by atoms with van der Waals surface area (Å²) in [6, 6.07) is 6.75. The van der Waals surface area contributed by atoms with Crippen LogP contribution in [0.4, 0.5) is 5.69 Å². The highest BCUT2D eigenvalue weighted by Gasteiger charge is 2.17. The third-order valence-electron chi connectivity index (χ3n) is 3.61. The molecule has 0 spiro atoms. The molecule has 3 nitrogen and oxygen atoms in total. The molecule has 0 bridgehead atoms. The van der Waals surface area contributed by atoms with Crippen molar-refractivity contribution in [2.45, 2.75) is 45.8 Å². The highest BCUT2D eigenvalue weighted by Crippen LogP contribution is 2.30. The standard InChI is InChI=1S/C17H25N3S/c1-13(16-7-6-10-21-16)20(5)15-12-18-9-8-14(15)11-19-17(2,3)4/h6-10,12-13,19H,11H2,1-5H3. The summed E-state index contributed by atoms with van der Waals surface area (Å²) in [6.45, 7) is 9.65. The van der Waals surface area contributed by atoms with Crippen molar-refractivity contribution < 1.29 is 0 Å². The van der Waals surface area contributed by atoms with Crippen LogP contribution >= 0.6 is 11.3 Å². The maximum atomic E-state index is 4.31. The first-order valence-electron chi connectivity index (χ1n) is 7.32. The number of anilines is 1. The summed E-state index contributed by atoms with van der Waals surface area (Å²) in [7, 11) is 2.14. The minimum atomic E-state index is 0.110. The molecule has 0 saturated carbocycles. The lowest BCUT2D eigenvalue weighted by Crippen LogP contribution is -2.35. The molecule has 0 saturated heterocycles. The lowest BCUT2D eigenvalue weighted by atomic mass is 10.1. The van der Waals surface area contributed by atoms with Crippen LogP contribution in [0.25, 0.3) is 0 Å². The Bertz CT molecular complexity index is 558. The van der Waals surface area contributed by atoms with Crippen LogP contribution in [0, 0.1) is 0 Å². The monoisotopic (exact) mass is 303 g/mol. The first kappa shape index (κ1) is 16.0. The van der Waals surface area contributed by atoms with Gasteiger partial charge in [0, 0.05) is 30.2 Å². The number of thiophene rings is 1. The summed E-state index contributed by atoms with van der Waals surface area (Å²) in [5.41, 5.74) is 2.58. The van der Waals surface area contributed by atoms with Gasteiger partial charge in [-0.15, -0.1) is 11.3 Å². The smallest absolute Gasteiger partial charge is 0.0604 e. The highest BCUT2D eigenvalue weighted by atomic mass is 32.1. The second-order valence-electron chi connectivity index (χ2n) is 6.41. The van der Waals surface area contributed by atoms with Gasteiger partial charge in [0.1, 0.15) is 0 Å². The SMILES string of the molecule is CC(c1cccs1)N(C)c1cnccc1CNC(C)(C)C. The summed E-state index contributed by atoms with van der Waals surface area (Å²) in [4.78, 5) is 7.98. The number of pyridine rings is 1. The van der Waals surface area contributed by atoms with E-state index in [-0.39, 0.29) is 5.54 Å². The predicted molar refractivity (Wildman–Crippen MR) is 92.0 cm³/mol. The van der Waals surface area contributed by atoms with Crippen LogP contribution in [0.3, 0.4) is 0 Å². The fraction of sp³-hybridized carbons (Fsp3) is 0.471. The van der Waals surface area contributed by atoms with E-state index >= 15 is 0 Å². The van der Waals surface area contributed by atoms with Gasteiger partial charge < -0.3 is 10.2 Å². The number of nitrogens with one attached hydrogen (secondary N) is 1. The van der Waals surface area contributed by atoms with E-state index in [1.54, 1.807) is 11.3 Å². The molecule has 2 heterocycles. The molecule has 1 N–H and O–H groups in total. The fourth-order valence-corrected chi connectivity index (χ4v) is 3.00. The van der Waals surface area contributed by atoms with E-state index in [9.17, 15) is 0 Å². The lowest BCUT2D eigenvalue weighted by molar-refractivity contribution is 0.424. The molecule has 114 valence electrons. The van der Waals surface area contributed by atoms with E-state index in [2.05, 4.69) is 73.5 Å². The van der Waals surface area contributed by atoms with Gasteiger partial charge in [-0.1, -0.05) is 6.07 Å². The van der Waals surface area contributed by atoms with E-state index in [1.165, 1.54) is 16.1 Å². The van der Waals surface area contributed by atoms with Gasteiger partial charge in [-0.2, -0.15) is 0 Å². The Hall–Kier alpha value is -1.39. The molecule has 0 aliphatic carbocycles. The maximum Gasteiger partial charge on any atom is 0.0604 e. The van der Waals surface area contributed by atoms with Crippen molar-refractivity contribution in [2.75, 3.05) is 11.9 Å². The summed E-state index contributed by atoms with van der Waals surface area (Å²) >= 11 is 1.80. The summed E-state index contributed by atoms with van der Waals surface area (Å²) < 4.78 is 0. The van der Waals surface area contributed by atoms with Crippen molar-refractivity contribution in [2.24, 2.45) is 0 Å². The third kappa shape index (κ3) is 4.29. The molecule has 0 fully saturated rings. The zero-order valence-electron chi connectivity index (χ0n) is 13.6. The van der Waals surface area contributed by atoms with E-state index in [1.807, 2.05) is 12.4 Å². The quantitative estimate of drug-likeness (QED) is 0.896. The minimum absolute atomic E-state index is 0.110. The molecule has 1 unspecified atom stereocenters. The fourth-order valence-electron chi connectivity index (χ4n) is 2.17. The largest absolute Gasteiger partial charge is 0.366 e. The average Bonchev–Trinajstić information content (AvgIpc) is 2.97. The first-order chi connectivity index (χ1) is 9.88. The maximum absolute atomic E-state index is 4.31. The number of hydrogen-bond acceptors (Lipinski definition) is 4. The molecule has 0 aromatic carbocycles. The van der Waals surface area contributed by atoms with Gasteiger partial charge in [0.25, 0.3) is 0 Å². The van der Waals surface area contributed by atoms with Crippen LogP contribution < -0.4 is 10.2 Å². The third-order valence-corrected chi connectivity index (χ3v) is 4.66. The van der Waals surface area contributed by atoms with E-state index < -0.39 is 0 Å². The molecule has 2 aromatic rings. The van der Waals surface area contributed by atoms with Gasteiger partial charge in [0.2, 0.25) is 0 Å². The second kappa shape index (κ2) is 6.58. The van der Waals surface area contributed by atoms with Crippen molar-refractivity contribution in [1.82, 2.24) is 10.3 Å². The van der Waals surface area contributed by atoms with Crippen molar-refractivity contribution in [3.05, 3.63) is 46.4 Å². The van der Waals surface area contributed by atoms with Gasteiger partial charge >= 0.3 is 0 Å². The molecular formula is C17H25N3S. The van der Waals surface area contributed by atoms with Crippen LogP contribution in [0.5, 0.6) is 0 Å². The number of rotatable bonds is 5. The van der Waals surface area contributed by atoms with Crippen molar-refractivity contribution in [3.8, 4) is 0 Å². The summed E-state index contributed by atoms with van der Waals surface area (Å²) in [6.07, 6.45) is 3.83. The Morgan fingerprint density at radius 1 is 1.33 bits per heavy atom. The zero-order valence-corrected chi connectivity index (χ0v) is 14.4. The summed E-state index contributed by atoms with van der Waals surface area (Å²) in [5, 5.41) is 5.69. The number of nitrogens with zero attached hydrogens (tertiary/aromatic N) is 2. The van der Waals surface area contributed by atoms with Crippen molar-refractivity contribution in [1.29, 1.82) is 0 Å². The van der Waals surface area contributed by atoms with Gasteiger partial charge in [-0.25, -0.2) is 0 Å². The first-order valence-corrected chi connectivity index (χ1v) is 8.20. The number of hydrogen-bond donors (Lipinski definition) is 1. The molecule has 4 heteroatoms. The Labute approximate surface area is 132 Å². The van der Waals surface area contributed by atoms with Gasteiger partial charge in [-0.3, -0.25) is 4.98 Å². The van der Waals surface area contributed by atoms with E-state index in [4.69, 9.17) is 0 Å². The molecule has 0 aliphatic heterocycles. The Balaban J connectivity index is 2.19. The molecule has 1 atom stereocenters. The molecule has 2 aromatic heterocycles. The summed E-state index contributed by atoms with van der Waals surface area (Å²) in [5.74, 6) is 0. The van der Waals surface area contributed by atoms with Crippen LogP contribution in [0.15, 0.2) is 36.0 Å². The Morgan fingerprint density at radius 2 is 2.10 bits per heavy atom. The number of aromatic nitrogens is 1. The predicted octanol–water partition coefficient (Wildman–Crippen LogP) is 4.23. The molecular weight excluding hydrogens is 278 g/mol.